The minimum absolute atomic E-state index is 0.108. The lowest BCUT2D eigenvalue weighted by molar-refractivity contribution is -0.116. The fourth-order valence-electron chi connectivity index (χ4n) is 2.69. The molecule has 0 spiro atoms. The molecule has 1 heterocycles. The van der Waals surface area contributed by atoms with Crippen LogP contribution in [-0.2, 0) is 16.1 Å². The topological polar surface area (TPSA) is 71.3 Å². The molecule has 2 amide bonds. The number of hydrogen-bond acceptors (Lipinski definition) is 3. The second kappa shape index (κ2) is 7.38. The molecule has 130 valence electrons. The van der Waals surface area contributed by atoms with E-state index in [2.05, 4.69) is 17.6 Å². The normalized spacial score (nSPS) is 19.0. The molecule has 5 nitrogen and oxygen atoms in total. The maximum Gasteiger partial charge on any atom is 0.244 e. The van der Waals surface area contributed by atoms with Gasteiger partial charge in [0.05, 0.1) is 0 Å². The second-order valence-corrected chi connectivity index (χ2v) is 6.49. The monoisotopic (exact) mass is 338 g/mol. The van der Waals surface area contributed by atoms with Crippen molar-refractivity contribution >= 4 is 23.6 Å². The van der Waals surface area contributed by atoms with Gasteiger partial charge in [0.15, 0.2) is 0 Å². The first kappa shape index (κ1) is 17.0. The fourth-order valence-corrected chi connectivity index (χ4v) is 2.69. The van der Waals surface area contributed by atoms with Crippen LogP contribution in [0.2, 0.25) is 0 Å². The summed E-state index contributed by atoms with van der Waals surface area (Å²) in [4.78, 5) is 22.9. The van der Waals surface area contributed by atoms with Crippen LogP contribution >= 0.6 is 0 Å². The third-order valence-corrected chi connectivity index (χ3v) is 4.26. The summed E-state index contributed by atoms with van der Waals surface area (Å²) in [5, 5.41) is 5.53. The molecule has 0 bridgehead atoms. The Morgan fingerprint density at radius 2 is 1.92 bits per heavy atom. The Balaban J connectivity index is 1.47. The summed E-state index contributed by atoms with van der Waals surface area (Å²) >= 11 is 0. The third-order valence-electron chi connectivity index (χ3n) is 4.26. The summed E-state index contributed by atoms with van der Waals surface area (Å²) in [6.45, 7) is 4.10. The smallest absolute Gasteiger partial charge is 0.244 e. The third kappa shape index (κ3) is 4.83. The molecule has 1 aromatic carbocycles. The number of furan rings is 1. The van der Waals surface area contributed by atoms with Crippen LogP contribution in [0.15, 0.2) is 46.9 Å². The van der Waals surface area contributed by atoms with E-state index < -0.39 is 0 Å². The predicted molar refractivity (Wildman–Crippen MR) is 96.9 cm³/mol. The maximum absolute atomic E-state index is 11.9. The molecule has 1 aromatic heterocycles. The molecular formula is C20H22N2O3. The Kier molecular flexibility index (Phi) is 5.03. The minimum atomic E-state index is -0.177. The lowest BCUT2D eigenvalue weighted by atomic mass is 10.2. The van der Waals surface area contributed by atoms with Gasteiger partial charge >= 0.3 is 0 Å². The van der Waals surface area contributed by atoms with Gasteiger partial charge < -0.3 is 15.1 Å². The van der Waals surface area contributed by atoms with Gasteiger partial charge in [-0.1, -0.05) is 19.1 Å². The van der Waals surface area contributed by atoms with Crippen LogP contribution in [0.5, 0.6) is 0 Å². The van der Waals surface area contributed by atoms with E-state index in [0.29, 0.717) is 24.1 Å². The van der Waals surface area contributed by atoms with Crippen molar-refractivity contribution in [2.75, 3.05) is 5.32 Å². The van der Waals surface area contributed by atoms with Crippen molar-refractivity contribution in [2.45, 2.75) is 32.7 Å². The number of carbonyl (C=O) groups excluding carboxylic acids is 2. The molecular weight excluding hydrogens is 316 g/mol. The highest BCUT2D eigenvalue weighted by Gasteiger charge is 2.36. The predicted octanol–water partition coefficient (Wildman–Crippen LogP) is 3.69. The molecule has 2 aromatic rings. The first-order valence-electron chi connectivity index (χ1n) is 8.43. The highest BCUT2D eigenvalue weighted by Crippen LogP contribution is 2.47. The summed E-state index contributed by atoms with van der Waals surface area (Å²) in [5.74, 6) is 2.66. The highest BCUT2D eigenvalue weighted by molar-refractivity contribution is 5.91. The summed E-state index contributed by atoms with van der Waals surface area (Å²) in [7, 11) is 0. The lowest BCUT2D eigenvalue weighted by Gasteiger charge is -2.05. The van der Waals surface area contributed by atoms with E-state index >= 15 is 0 Å². The Bertz CT molecular complexity index is 790. The molecule has 3 rings (SSSR count). The molecule has 0 radical (unpaired) electrons. The zero-order valence-electron chi connectivity index (χ0n) is 14.4. The number of benzene rings is 1. The van der Waals surface area contributed by atoms with Crippen LogP contribution in [0.25, 0.3) is 6.08 Å². The zero-order valence-corrected chi connectivity index (χ0v) is 14.4. The molecule has 2 atom stereocenters. The number of anilines is 1. The first-order valence-corrected chi connectivity index (χ1v) is 8.43. The van der Waals surface area contributed by atoms with Crippen molar-refractivity contribution in [3.05, 3.63) is 59.6 Å². The van der Waals surface area contributed by atoms with Crippen LogP contribution in [0, 0.1) is 5.92 Å². The summed E-state index contributed by atoms with van der Waals surface area (Å²) in [5.41, 5.74) is 1.69. The van der Waals surface area contributed by atoms with Gasteiger partial charge in [-0.15, -0.1) is 0 Å². The van der Waals surface area contributed by atoms with E-state index in [-0.39, 0.29) is 11.8 Å². The Morgan fingerprint density at radius 1 is 1.20 bits per heavy atom. The average Bonchev–Trinajstić information content (AvgIpc) is 3.12. The number of amides is 2. The lowest BCUT2D eigenvalue weighted by Crippen LogP contribution is -2.20. The van der Waals surface area contributed by atoms with E-state index in [1.54, 1.807) is 6.08 Å². The molecule has 2 N–H and O–H groups in total. The van der Waals surface area contributed by atoms with Crippen molar-refractivity contribution in [1.29, 1.82) is 0 Å². The Morgan fingerprint density at radius 3 is 2.56 bits per heavy atom. The Hall–Kier alpha value is -2.82. The van der Waals surface area contributed by atoms with E-state index in [1.165, 1.54) is 19.4 Å². The highest BCUT2D eigenvalue weighted by atomic mass is 16.3. The number of hydrogen-bond donors (Lipinski definition) is 2. The van der Waals surface area contributed by atoms with Gasteiger partial charge in [-0.05, 0) is 48.2 Å². The Labute approximate surface area is 147 Å². The van der Waals surface area contributed by atoms with Gasteiger partial charge in [-0.3, -0.25) is 9.59 Å². The molecule has 5 heteroatoms. The minimum Gasteiger partial charge on any atom is -0.461 e. The number of rotatable bonds is 6. The van der Waals surface area contributed by atoms with Crippen molar-refractivity contribution in [3.8, 4) is 0 Å². The zero-order chi connectivity index (χ0) is 17.8. The van der Waals surface area contributed by atoms with Crippen molar-refractivity contribution < 1.29 is 14.0 Å². The van der Waals surface area contributed by atoms with Crippen LogP contribution < -0.4 is 10.6 Å². The number of nitrogens with one attached hydrogen (secondary N) is 2. The van der Waals surface area contributed by atoms with Gasteiger partial charge in [0.25, 0.3) is 0 Å². The van der Waals surface area contributed by atoms with Crippen LogP contribution in [0.1, 0.15) is 43.3 Å². The summed E-state index contributed by atoms with van der Waals surface area (Å²) in [6, 6.07) is 11.2. The van der Waals surface area contributed by atoms with Crippen molar-refractivity contribution in [1.82, 2.24) is 5.32 Å². The summed E-state index contributed by atoms with van der Waals surface area (Å²) < 4.78 is 5.73. The van der Waals surface area contributed by atoms with Crippen LogP contribution in [0.3, 0.4) is 0 Å². The van der Waals surface area contributed by atoms with Crippen molar-refractivity contribution in [3.63, 3.8) is 0 Å². The molecule has 1 aliphatic rings. The van der Waals surface area contributed by atoms with E-state index in [4.69, 9.17) is 4.42 Å². The van der Waals surface area contributed by atoms with Crippen LogP contribution in [0.4, 0.5) is 5.69 Å². The number of carbonyl (C=O) groups is 2. The van der Waals surface area contributed by atoms with Crippen molar-refractivity contribution in [2.24, 2.45) is 5.92 Å². The molecule has 1 saturated carbocycles. The van der Waals surface area contributed by atoms with Gasteiger partial charge in [0.2, 0.25) is 11.8 Å². The first-order chi connectivity index (χ1) is 12.0. The van der Waals surface area contributed by atoms with E-state index in [1.807, 2.05) is 36.4 Å². The van der Waals surface area contributed by atoms with Gasteiger partial charge in [0.1, 0.15) is 11.5 Å². The van der Waals surface area contributed by atoms with Gasteiger partial charge in [0, 0.05) is 31.1 Å². The fraction of sp³-hybridized carbons (Fsp3) is 0.300. The molecule has 1 fully saturated rings. The molecule has 0 aliphatic heterocycles. The van der Waals surface area contributed by atoms with Gasteiger partial charge in [-0.2, -0.15) is 0 Å². The standard InChI is InChI=1S/C20H22N2O3/c1-13-11-18(13)19-9-7-17(25-19)8-10-20(24)21-12-15-3-5-16(6-4-15)22-14(2)23/h3-10,13,18H,11-12H2,1-2H3,(H,21,24)(H,22,23). The quantitative estimate of drug-likeness (QED) is 0.789. The largest absolute Gasteiger partial charge is 0.461 e. The molecule has 0 saturated heterocycles. The molecule has 25 heavy (non-hydrogen) atoms. The molecule has 1 aliphatic carbocycles. The van der Waals surface area contributed by atoms with Gasteiger partial charge in [-0.25, -0.2) is 0 Å². The SMILES string of the molecule is CC(=O)Nc1ccc(CNC(=O)C=Cc2ccc(C3CC3C)o2)cc1. The average molecular weight is 338 g/mol. The van der Waals surface area contributed by atoms with E-state index in [0.717, 1.165) is 17.0 Å². The second-order valence-electron chi connectivity index (χ2n) is 6.49. The molecule has 2 unspecified atom stereocenters. The summed E-state index contributed by atoms with van der Waals surface area (Å²) in [6.07, 6.45) is 4.34. The van der Waals surface area contributed by atoms with Crippen LogP contribution in [-0.4, -0.2) is 11.8 Å². The maximum atomic E-state index is 11.9. The van der Waals surface area contributed by atoms with E-state index in [9.17, 15) is 9.59 Å².